The Hall–Kier alpha value is -2.14. The summed E-state index contributed by atoms with van der Waals surface area (Å²) in [6, 6.07) is 9.72. The van der Waals surface area contributed by atoms with Gasteiger partial charge in [0, 0.05) is 44.5 Å². The zero-order valence-electron chi connectivity index (χ0n) is 15.8. The molecule has 138 valence electrons. The van der Waals surface area contributed by atoms with Crippen LogP contribution in [0.2, 0.25) is 0 Å². The molecule has 2 heterocycles. The Bertz CT molecular complexity index is 774. The maximum atomic E-state index is 12.7. The number of aromatic nitrogens is 2. The molecule has 0 radical (unpaired) electrons. The lowest BCUT2D eigenvalue weighted by Crippen LogP contribution is -2.53. The Morgan fingerprint density at radius 3 is 2.54 bits per heavy atom. The van der Waals surface area contributed by atoms with E-state index >= 15 is 0 Å². The van der Waals surface area contributed by atoms with Crippen LogP contribution in [-0.4, -0.2) is 57.7 Å². The molecule has 0 N–H and O–H groups in total. The van der Waals surface area contributed by atoms with Gasteiger partial charge in [0.1, 0.15) is 0 Å². The Balaban J connectivity index is 1.35. The van der Waals surface area contributed by atoms with Crippen LogP contribution < -0.4 is 0 Å². The summed E-state index contributed by atoms with van der Waals surface area (Å²) in [6.07, 6.45) is 7.12. The number of nitrogens with zero attached hydrogens (tertiary/aromatic N) is 4. The van der Waals surface area contributed by atoms with Crippen LogP contribution in [-0.2, 0) is 12.8 Å². The second-order valence-corrected chi connectivity index (χ2v) is 7.80. The summed E-state index contributed by atoms with van der Waals surface area (Å²) in [5.41, 5.74) is 3.72. The summed E-state index contributed by atoms with van der Waals surface area (Å²) in [7, 11) is 0. The Kier molecular flexibility index (Phi) is 4.81. The van der Waals surface area contributed by atoms with Gasteiger partial charge in [-0.2, -0.15) is 5.10 Å². The number of benzene rings is 1. The SMILES string of the molecule is CC(C)n1cc(C(=O)N2CCN([C@H]3CCc4ccccc4C3)CC2)cn1. The fourth-order valence-corrected chi connectivity index (χ4v) is 4.19. The predicted molar refractivity (Wildman–Crippen MR) is 102 cm³/mol. The summed E-state index contributed by atoms with van der Waals surface area (Å²) in [6.45, 7) is 7.70. The molecular weight excluding hydrogens is 324 g/mol. The highest BCUT2D eigenvalue weighted by Gasteiger charge is 2.29. The van der Waals surface area contributed by atoms with Gasteiger partial charge < -0.3 is 4.90 Å². The van der Waals surface area contributed by atoms with Crippen molar-refractivity contribution >= 4 is 5.91 Å². The van der Waals surface area contributed by atoms with E-state index in [0.717, 1.165) is 32.6 Å². The molecule has 1 aromatic carbocycles. The molecule has 0 bridgehead atoms. The van der Waals surface area contributed by atoms with Gasteiger partial charge in [-0.25, -0.2) is 0 Å². The smallest absolute Gasteiger partial charge is 0.257 e. The predicted octanol–water partition coefficient (Wildman–Crippen LogP) is 2.78. The minimum atomic E-state index is 0.116. The molecule has 1 aliphatic heterocycles. The molecule has 1 aromatic heterocycles. The molecule has 1 aliphatic carbocycles. The van der Waals surface area contributed by atoms with E-state index in [1.165, 1.54) is 24.0 Å². The summed E-state index contributed by atoms with van der Waals surface area (Å²) < 4.78 is 1.85. The van der Waals surface area contributed by atoms with E-state index in [9.17, 15) is 4.79 Å². The van der Waals surface area contributed by atoms with Crippen LogP contribution in [0, 0.1) is 0 Å². The molecule has 0 spiro atoms. The zero-order chi connectivity index (χ0) is 18.1. The highest BCUT2D eigenvalue weighted by Crippen LogP contribution is 2.25. The minimum absolute atomic E-state index is 0.116. The van der Waals surface area contributed by atoms with E-state index in [1.807, 2.05) is 15.8 Å². The van der Waals surface area contributed by atoms with Crippen LogP contribution in [0.3, 0.4) is 0 Å². The molecular formula is C21H28N4O. The number of carbonyl (C=O) groups is 1. The zero-order valence-corrected chi connectivity index (χ0v) is 15.8. The third-order valence-electron chi connectivity index (χ3n) is 5.82. The van der Waals surface area contributed by atoms with Gasteiger partial charge in [-0.1, -0.05) is 24.3 Å². The van der Waals surface area contributed by atoms with Crippen molar-refractivity contribution in [2.75, 3.05) is 26.2 Å². The van der Waals surface area contributed by atoms with Crippen molar-refractivity contribution in [2.24, 2.45) is 0 Å². The third kappa shape index (κ3) is 3.40. The summed E-state index contributed by atoms with van der Waals surface area (Å²) in [5.74, 6) is 0.116. The first-order valence-electron chi connectivity index (χ1n) is 9.76. The number of aryl methyl sites for hydroxylation is 1. The van der Waals surface area contributed by atoms with E-state index < -0.39 is 0 Å². The van der Waals surface area contributed by atoms with E-state index in [2.05, 4.69) is 48.1 Å². The van der Waals surface area contributed by atoms with Gasteiger partial charge in [0.15, 0.2) is 0 Å². The lowest BCUT2D eigenvalue weighted by molar-refractivity contribution is 0.0553. The van der Waals surface area contributed by atoms with E-state index in [0.29, 0.717) is 11.6 Å². The molecule has 5 nitrogen and oxygen atoms in total. The number of carbonyl (C=O) groups excluding carboxylic acids is 1. The lowest BCUT2D eigenvalue weighted by atomic mass is 9.87. The van der Waals surface area contributed by atoms with Crippen molar-refractivity contribution in [1.82, 2.24) is 19.6 Å². The fourth-order valence-electron chi connectivity index (χ4n) is 4.19. The Morgan fingerprint density at radius 1 is 1.12 bits per heavy atom. The first kappa shape index (κ1) is 17.3. The van der Waals surface area contributed by atoms with E-state index in [-0.39, 0.29) is 11.9 Å². The number of hydrogen-bond donors (Lipinski definition) is 0. The monoisotopic (exact) mass is 352 g/mol. The number of amides is 1. The standard InChI is InChI=1S/C21H28N4O/c1-16(2)25-15-19(14-22-25)21(26)24-11-9-23(10-12-24)20-8-7-17-5-3-4-6-18(17)13-20/h3-6,14-16,20H,7-13H2,1-2H3/t20-/m0/s1. The van der Waals surface area contributed by atoms with Gasteiger partial charge in [-0.05, 0) is 44.2 Å². The maximum absolute atomic E-state index is 12.7. The van der Waals surface area contributed by atoms with E-state index in [1.54, 1.807) is 6.20 Å². The van der Waals surface area contributed by atoms with Crippen LogP contribution in [0.15, 0.2) is 36.7 Å². The van der Waals surface area contributed by atoms with Crippen molar-refractivity contribution in [3.05, 3.63) is 53.3 Å². The third-order valence-corrected chi connectivity index (χ3v) is 5.82. The molecule has 0 unspecified atom stereocenters. The molecule has 2 aliphatic rings. The number of piperazine rings is 1. The topological polar surface area (TPSA) is 41.4 Å². The highest BCUT2D eigenvalue weighted by atomic mass is 16.2. The fraction of sp³-hybridized carbons (Fsp3) is 0.524. The Morgan fingerprint density at radius 2 is 1.85 bits per heavy atom. The summed E-state index contributed by atoms with van der Waals surface area (Å²) in [5, 5.41) is 4.30. The molecule has 0 saturated carbocycles. The van der Waals surface area contributed by atoms with Crippen molar-refractivity contribution in [3.63, 3.8) is 0 Å². The minimum Gasteiger partial charge on any atom is -0.336 e. The average Bonchev–Trinajstić information content (AvgIpc) is 3.18. The molecule has 1 fully saturated rings. The second kappa shape index (κ2) is 7.23. The van der Waals surface area contributed by atoms with E-state index in [4.69, 9.17) is 0 Å². The van der Waals surface area contributed by atoms with Gasteiger partial charge in [-0.15, -0.1) is 0 Å². The molecule has 26 heavy (non-hydrogen) atoms. The van der Waals surface area contributed by atoms with Crippen molar-refractivity contribution < 1.29 is 4.79 Å². The number of fused-ring (bicyclic) bond motifs is 1. The quantitative estimate of drug-likeness (QED) is 0.853. The number of rotatable bonds is 3. The molecule has 1 amide bonds. The lowest BCUT2D eigenvalue weighted by Gasteiger charge is -2.41. The molecule has 5 heteroatoms. The van der Waals surface area contributed by atoms with Crippen LogP contribution in [0.1, 0.15) is 47.8 Å². The summed E-state index contributed by atoms with van der Waals surface area (Å²) in [4.78, 5) is 17.3. The van der Waals surface area contributed by atoms with Gasteiger partial charge in [0.05, 0.1) is 11.8 Å². The van der Waals surface area contributed by atoms with Crippen LogP contribution in [0.25, 0.3) is 0 Å². The first-order chi connectivity index (χ1) is 12.6. The number of hydrogen-bond acceptors (Lipinski definition) is 3. The van der Waals surface area contributed by atoms with Gasteiger partial charge in [0.25, 0.3) is 5.91 Å². The van der Waals surface area contributed by atoms with Gasteiger partial charge >= 0.3 is 0 Å². The second-order valence-electron chi connectivity index (χ2n) is 7.80. The average molecular weight is 352 g/mol. The maximum Gasteiger partial charge on any atom is 0.257 e. The summed E-state index contributed by atoms with van der Waals surface area (Å²) >= 11 is 0. The molecule has 1 saturated heterocycles. The Labute approximate surface area is 155 Å². The highest BCUT2D eigenvalue weighted by molar-refractivity contribution is 5.93. The van der Waals surface area contributed by atoms with Crippen molar-refractivity contribution in [2.45, 2.75) is 45.2 Å². The first-order valence-corrected chi connectivity index (χ1v) is 9.76. The molecule has 4 rings (SSSR count). The van der Waals surface area contributed by atoms with Crippen molar-refractivity contribution in [1.29, 1.82) is 0 Å². The normalized spacial score (nSPS) is 21.0. The van der Waals surface area contributed by atoms with Gasteiger partial charge in [-0.3, -0.25) is 14.4 Å². The largest absolute Gasteiger partial charge is 0.336 e. The molecule has 1 atom stereocenters. The van der Waals surface area contributed by atoms with Crippen LogP contribution in [0.5, 0.6) is 0 Å². The van der Waals surface area contributed by atoms with Gasteiger partial charge in [0.2, 0.25) is 0 Å². The van der Waals surface area contributed by atoms with Crippen LogP contribution in [0.4, 0.5) is 0 Å². The van der Waals surface area contributed by atoms with Crippen molar-refractivity contribution in [3.8, 4) is 0 Å². The molecule has 2 aromatic rings. The van der Waals surface area contributed by atoms with Crippen LogP contribution >= 0.6 is 0 Å².